The molecule has 0 aliphatic heterocycles. The molecule has 13 heavy (non-hydrogen) atoms. The van der Waals surface area contributed by atoms with Gasteiger partial charge in [-0.2, -0.15) is 0 Å². The molecule has 0 aliphatic carbocycles. The molecule has 0 amide bonds. The third-order valence-electron chi connectivity index (χ3n) is 2.35. The maximum Gasteiger partial charge on any atom is 0 e. The number of hydrogen-bond acceptors (Lipinski definition) is 0. The summed E-state index contributed by atoms with van der Waals surface area (Å²) in [6, 6.07) is 0. The summed E-state index contributed by atoms with van der Waals surface area (Å²) in [6.07, 6.45) is 13.9. The normalized spacial score (nSPS) is 9.69. The fraction of sp³-hybridized carbons (Fsp3) is 0.917. The summed E-state index contributed by atoms with van der Waals surface area (Å²) in [5, 5.41) is 0. The van der Waals surface area contributed by atoms with Crippen molar-refractivity contribution in [3.05, 3.63) is 6.92 Å². The Morgan fingerprint density at radius 3 is 1.46 bits per heavy atom. The molecule has 0 saturated carbocycles. The Kier molecular flexibility index (Phi) is 18.4. The summed E-state index contributed by atoms with van der Waals surface area (Å²) < 4.78 is 0. The quantitative estimate of drug-likeness (QED) is 0.395. The molecule has 0 aromatic heterocycles. The van der Waals surface area contributed by atoms with E-state index in [1.54, 1.807) is 0 Å². The average Bonchev–Trinajstić information content (AvgIpc) is 2.10. The van der Waals surface area contributed by atoms with Crippen LogP contribution in [0.15, 0.2) is 0 Å². The van der Waals surface area contributed by atoms with Crippen LogP contribution in [0.3, 0.4) is 0 Å². The van der Waals surface area contributed by atoms with E-state index in [9.17, 15) is 0 Å². The molecule has 0 aromatic rings. The van der Waals surface area contributed by atoms with Crippen molar-refractivity contribution < 1.29 is 16.5 Å². The third-order valence-corrected chi connectivity index (χ3v) is 2.35. The van der Waals surface area contributed by atoms with Crippen LogP contribution in [0.1, 0.15) is 71.1 Å². The monoisotopic (exact) mass is 227 g/mol. The van der Waals surface area contributed by atoms with Crippen molar-refractivity contribution in [1.82, 2.24) is 0 Å². The van der Waals surface area contributed by atoms with Gasteiger partial charge in [0.05, 0.1) is 0 Å². The molecule has 0 aromatic carbocycles. The molecule has 0 unspecified atom stereocenters. The van der Waals surface area contributed by atoms with Gasteiger partial charge in [0.15, 0.2) is 0 Å². The molecule has 83 valence electrons. The van der Waals surface area contributed by atoms with Crippen LogP contribution in [0.5, 0.6) is 0 Å². The Morgan fingerprint density at radius 2 is 1.08 bits per heavy atom. The Hall–Kier alpha value is 0.494. The van der Waals surface area contributed by atoms with Crippen LogP contribution in [0.25, 0.3) is 0 Å². The second-order valence-electron chi connectivity index (χ2n) is 3.68. The summed E-state index contributed by atoms with van der Waals surface area (Å²) in [5.41, 5.74) is 0. The fourth-order valence-electron chi connectivity index (χ4n) is 1.49. The molecule has 0 N–H and O–H groups in total. The van der Waals surface area contributed by atoms with Gasteiger partial charge in [-0.25, -0.2) is 0 Å². The second kappa shape index (κ2) is 15.0. The third kappa shape index (κ3) is 15.3. The van der Waals surface area contributed by atoms with E-state index < -0.39 is 0 Å². The zero-order valence-electron chi connectivity index (χ0n) is 9.09. The van der Waals surface area contributed by atoms with Crippen LogP contribution in [0.2, 0.25) is 0 Å². The van der Waals surface area contributed by atoms with Crippen molar-refractivity contribution in [2.45, 2.75) is 71.1 Å². The first kappa shape index (κ1) is 15.9. The van der Waals surface area contributed by atoms with Crippen molar-refractivity contribution in [3.63, 3.8) is 0 Å². The van der Waals surface area contributed by atoms with E-state index in [4.69, 9.17) is 0 Å². The van der Waals surface area contributed by atoms with E-state index in [1.807, 2.05) is 0 Å². The Balaban J connectivity index is 0. The van der Waals surface area contributed by atoms with Crippen molar-refractivity contribution in [2.75, 3.05) is 0 Å². The summed E-state index contributed by atoms with van der Waals surface area (Å²) in [6.45, 7) is 6.12. The van der Waals surface area contributed by atoms with E-state index >= 15 is 0 Å². The molecule has 0 saturated heterocycles. The van der Waals surface area contributed by atoms with Gasteiger partial charge < -0.3 is 0 Å². The zero-order valence-corrected chi connectivity index (χ0v) is 10.1. The molecule has 0 fully saturated rings. The summed E-state index contributed by atoms with van der Waals surface area (Å²) in [5.74, 6) is 0. The maximum absolute atomic E-state index is 3.84. The van der Waals surface area contributed by atoms with E-state index in [2.05, 4.69) is 13.8 Å². The van der Waals surface area contributed by atoms with Crippen LogP contribution < -0.4 is 0 Å². The van der Waals surface area contributed by atoms with Crippen LogP contribution in [0, 0.1) is 6.92 Å². The van der Waals surface area contributed by atoms with Gasteiger partial charge in [-0.05, 0) is 0 Å². The first-order chi connectivity index (χ1) is 5.91. The van der Waals surface area contributed by atoms with Crippen molar-refractivity contribution in [1.29, 1.82) is 0 Å². The van der Waals surface area contributed by atoms with Crippen molar-refractivity contribution in [2.24, 2.45) is 0 Å². The average molecular weight is 228 g/mol. The van der Waals surface area contributed by atoms with Crippen molar-refractivity contribution >= 4 is 0 Å². The minimum Gasteiger partial charge on any atom is -0.0654 e. The van der Waals surface area contributed by atoms with Gasteiger partial charge in [0.25, 0.3) is 0 Å². The number of rotatable bonds is 9. The van der Waals surface area contributed by atoms with Gasteiger partial charge >= 0.3 is 0 Å². The molecule has 0 bridgehead atoms. The predicted molar refractivity (Wildman–Crippen MR) is 57.2 cm³/mol. The van der Waals surface area contributed by atoms with Gasteiger partial charge in [-0.1, -0.05) is 78.1 Å². The van der Waals surface area contributed by atoms with Crippen LogP contribution in [-0.4, -0.2) is 0 Å². The molecule has 0 spiro atoms. The maximum atomic E-state index is 3.84. The van der Waals surface area contributed by atoms with E-state index in [0.717, 1.165) is 6.42 Å². The molecule has 0 aliphatic rings. The van der Waals surface area contributed by atoms with E-state index in [1.165, 1.54) is 57.8 Å². The Bertz CT molecular complexity index is 61.5. The molecular formula is C12H25Ni. The largest absolute Gasteiger partial charge is 0.0654 e. The molecule has 1 radical (unpaired) electrons. The second-order valence-corrected chi connectivity index (χ2v) is 3.68. The van der Waals surface area contributed by atoms with Gasteiger partial charge in [-0.15, -0.1) is 0 Å². The topological polar surface area (TPSA) is 0 Å². The Labute approximate surface area is 94.8 Å². The molecule has 0 heterocycles. The van der Waals surface area contributed by atoms with Crippen LogP contribution >= 0.6 is 0 Å². The number of hydrogen-bond donors (Lipinski definition) is 0. The first-order valence-electron chi connectivity index (χ1n) is 5.71. The molecule has 0 rings (SSSR count). The predicted octanol–water partition coefficient (Wildman–Crippen LogP) is 4.74. The molecule has 0 atom stereocenters. The molecular weight excluding hydrogens is 203 g/mol. The summed E-state index contributed by atoms with van der Waals surface area (Å²) in [7, 11) is 0. The minimum atomic E-state index is 0. The zero-order chi connectivity index (χ0) is 9.07. The SMILES string of the molecule is [CH2]CCCCCCCCCCC.[Ni]. The first-order valence-corrected chi connectivity index (χ1v) is 5.71. The van der Waals surface area contributed by atoms with Gasteiger partial charge in [0.1, 0.15) is 0 Å². The van der Waals surface area contributed by atoms with Crippen LogP contribution in [-0.2, 0) is 16.5 Å². The summed E-state index contributed by atoms with van der Waals surface area (Å²) >= 11 is 0. The number of unbranched alkanes of at least 4 members (excludes halogenated alkanes) is 9. The smallest absolute Gasteiger partial charge is 0 e. The van der Waals surface area contributed by atoms with E-state index in [-0.39, 0.29) is 16.5 Å². The Morgan fingerprint density at radius 1 is 0.692 bits per heavy atom. The fourth-order valence-corrected chi connectivity index (χ4v) is 1.49. The standard InChI is InChI=1S/C12H25.Ni/c1-3-5-7-9-11-12-10-8-6-4-2;/h1,3-12H2,2H3;. The van der Waals surface area contributed by atoms with Gasteiger partial charge in [-0.3, -0.25) is 0 Å². The van der Waals surface area contributed by atoms with Gasteiger partial charge in [0.2, 0.25) is 0 Å². The van der Waals surface area contributed by atoms with E-state index in [0.29, 0.717) is 0 Å². The van der Waals surface area contributed by atoms with Crippen LogP contribution in [0.4, 0.5) is 0 Å². The summed E-state index contributed by atoms with van der Waals surface area (Å²) in [4.78, 5) is 0. The molecule has 0 nitrogen and oxygen atoms in total. The molecule has 1 heteroatoms. The van der Waals surface area contributed by atoms with Gasteiger partial charge in [0, 0.05) is 16.5 Å². The van der Waals surface area contributed by atoms with Crippen molar-refractivity contribution in [3.8, 4) is 0 Å². The minimum absolute atomic E-state index is 0.